The molecule has 4 heteroatoms. The SMILES string of the molecule is CCC(C)N1CCN(c2ncccc2CBr)CC1. The number of nitrogens with zero attached hydrogens (tertiary/aromatic N) is 3. The first kappa shape index (κ1) is 13.8. The van der Waals surface area contributed by atoms with Crippen molar-refractivity contribution < 1.29 is 0 Å². The van der Waals surface area contributed by atoms with E-state index in [-0.39, 0.29) is 0 Å². The fourth-order valence-electron chi connectivity index (χ4n) is 2.45. The molecule has 0 N–H and O–H groups in total. The van der Waals surface area contributed by atoms with Gasteiger partial charge in [0.05, 0.1) is 0 Å². The summed E-state index contributed by atoms with van der Waals surface area (Å²) < 4.78 is 0. The van der Waals surface area contributed by atoms with Crippen LogP contribution in [0.25, 0.3) is 0 Å². The number of pyridine rings is 1. The van der Waals surface area contributed by atoms with Crippen LogP contribution in [0.5, 0.6) is 0 Å². The Bertz CT molecular complexity index is 375. The lowest BCUT2D eigenvalue weighted by Crippen LogP contribution is -2.49. The van der Waals surface area contributed by atoms with Gasteiger partial charge in [0.1, 0.15) is 5.82 Å². The summed E-state index contributed by atoms with van der Waals surface area (Å²) in [5.74, 6) is 1.15. The number of hydrogen-bond acceptors (Lipinski definition) is 3. The van der Waals surface area contributed by atoms with Crippen LogP contribution in [0.1, 0.15) is 25.8 Å². The predicted molar refractivity (Wildman–Crippen MR) is 80.4 cm³/mol. The van der Waals surface area contributed by atoms with Crippen LogP contribution in [0.3, 0.4) is 0 Å². The summed E-state index contributed by atoms with van der Waals surface area (Å²) in [7, 11) is 0. The third-order valence-corrected chi connectivity index (χ3v) is 4.44. The number of halogens is 1. The third-order valence-electron chi connectivity index (χ3n) is 3.84. The van der Waals surface area contributed by atoms with Gasteiger partial charge in [0, 0.05) is 49.3 Å². The fraction of sp³-hybridized carbons (Fsp3) is 0.643. The van der Waals surface area contributed by atoms with Crippen molar-refractivity contribution in [2.45, 2.75) is 31.6 Å². The van der Waals surface area contributed by atoms with Crippen molar-refractivity contribution in [2.75, 3.05) is 31.1 Å². The van der Waals surface area contributed by atoms with E-state index in [0.29, 0.717) is 6.04 Å². The molecule has 1 aromatic heterocycles. The van der Waals surface area contributed by atoms with Crippen molar-refractivity contribution in [3.05, 3.63) is 23.9 Å². The Morgan fingerprint density at radius 2 is 2.06 bits per heavy atom. The van der Waals surface area contributed by atoms with Crippen LogP contribution in [0.4, 0.5) is 5.82 Å². The second-order valence-corrected chi connectivity index (χ2v) is 5.46. The van der Waals surface area contributed by atoms with Gasteiger partial charge in [-0.15, -0.1) is 0 Å². The van der Waals surface area contributed by atoms with Gasteiger partial charge in [0.15, 0.2) is 0 Å². The maximum absolute atomic E-state index is 4.54. The molecule has 18 heavy (non-hydrogen) atoms. The summed E-state index contributed by atoms with van der Waals surface area (Å²) in [6.07, 6.45) is 3.12. The van der Waals surface area contributed by atoms with Gasteiger partial charge in [-0.3, -0.25) is 4.90 Å². The Balaban J connectivity index is 2.01. The van der Waals surface area contributed by atoms with E-state index >= 15 is 0 Å². The van der Waals surface area contributed by atoms with Gasteiger partial charge < -0.3 is 4.90 Å². The van der Waals surface area contributed by atoms with Crippen molar-refractivity contribution in [2.24, 2.45) is 0 Å². The monoisotopic (exact) mass is 311 g/mol. The van der Waals surface area contributed by atoms with Crippen LogP contribution < -0.4 is 4.90 Å². The topological polar surface area (TPSA) is 19.4 Å². The van der Waals surface area contributed by atoms with Gasteiger partial charge in [-0.2, -0.15) is 0 Å². The fourth-order valence-corrected chi connectivity index (χ4v) is 2.89. The molecule has 1 aromatic rings. The first-order valence-corrected chi connectivity index (χ1v) is 7.87. The normalized spacial score (nSPS) is 18.9. The zero-order valence-corrected chi connectivity index (χ0v) is 12.9. The molecule has 1 unspecified atom stereocenters. The van der Waals surface area contributed by atoms with E-state index < -0.39 is 0 Å². The summed E-state index contributed by atoms with van der Waals surface area (Å²) in [5.41, 5.74) is 1.29. The standard InChI is InChI=1S/C14H22BrN3/c1-3-12(2)17-7-9-18(10-8-17)14-13(11-15)5-4-6-16-14/h4-6,12H,3,7-11H2,1-2H3. The molecule has 0 amide bonds. The maximum Gasteiger partial charge on any atom is 0.132 e. The average molecular weight is 312 g/mol. The first-order valence-electron chi connectivity index (χ1n) is 6.75. The van der Waals surface area contributed by atoms with Crippen LogP contribution in [0.2, 0.25) is 0 Å². The Morgan fingerprint density at radius 1 is 1.33 bits per heavy atom. The molecule has 1 saturated heterocycles. The molecule has 0 bridgehead atoms. The van der Waals surface area contributed by atoms with Crippen LogP contribution >= 0.6 is 15.9 Å². The first-order chi connectivity index (χ1) is 8.76. The molecular weight excluding hydrogens is 290 g/mol. The van der Waals surface area contributed by atoms with Crippen molar-refractivity contribution in [3.63, 3.8) is 0 Å². The lowest BCUT2D eigenvalue weighted by molar-refractivity contribution is 0.192. The molecule has 3 nitrogen and oxygen atoms in total. The largest absolute Gasteiger partial charge is 0.354 e. The van der Waals surface area contributed by atoms with Gasteiger partial charge >= 0.3 is 0 Å². The number of alkyl halides is 1. The highest BCUT2D eigenvalue weighted by molar-refractivity contribution is 9.08. The molecule has 1 atom stereocenters. The van der Waals surface area contributed by atoms with Gasteiger partial charge in [-0.25, -0.2) is 4.98 Å². The Kier molecular flexibility index (Phi) is 5.01. The van der Waals surface area contributed by atoms with E-state index in [2.05, 4.69) is 50.6 Å². The minimum Gasteiger partial charge on any atom is -0.354 e. The second-order valence-electron chi connectivity index (χ2n) is 4.90. The summed E-state index contributed by atoms with van der Waals surface area (Å²) >= 11 is 3.54. The molecule has 0 spiro atoms. The lowest BCUT2D eigenvalue weighted by atomic mass is 10.2. The quantitative estimate of drug-likeness (QED) is 0.797. The molecule has 1 aliphatic rings. The molecule has 100 valence electrons. The third kappa shape index (κ3) is 3.04. The molecule has 2 rings (SSSR count). The molecule has 0 radical (unpaired) electrons. The predicted octanol–water partition coefficient (Wildman–Crippen LogP) is 2.90. The molecule has 2 heterocycles. The Morgan fingerprint density at radius 3 is 2.67 bits per heavy atom. The highest BCUT2D eigenvalue weighted by Crippen LogP contribution is 2.21. The zero-order chi connectivity index (χ0) is 13.0. The van der Waals surface area contributed by atoms with Gasteiger partial charge in [0.2, 0.25) is 0 Å². The van der Waals surface area contributed by atoms with Crippen LogP contribution in [-0.4, -0.2) is 42.1 Å². The zero-order valence-electron chi connectivity index (χ0n) is 11.3. The van der Waals surface area contributed by atoms with Crippen molar-refractivity contribution in [3.8, 4) is 0 Å². The number of rotatable bonds is 4. The summed E-state index contributed by atoms with van der Waals surface area (Å²) in [6, 6.07) is 4.86. The van der Waals surface area contributed by atoms with Crippen LogP contribution in [0.15, 0.2) is 18.3 Å². The van der Waals surface area contributed by atoms with Crippen molar-refractivity contribution in [1.29, 1.82) is 0 Å². The number of aromatic nitrogens is 1. The highest BCUT2D eigenvalue weighted by Gasteiger charge is 2.21. The van der Waals surface area contributed by atoms with E-state index in [1.165, 1.54) is 12.0 Å². The van der Waals surface area contributed by atoms with E-state index in [4.69, 9.17) is 0 Å². The van der Waals surface area contributed by atoms with E-state index in [9.17, 15) is 0 Å². The summed E-state index contributed by atoms with van der Waals surface area (Å²) in [4.78, 5) is 9.53. The second kappa shape index (κ2) is 6.53. The minimum absolute atomic E-state index is 0.700. The van der Waals surface area contributed by atoms with Crippen LogP contribution in [0, 0.1) is 0 Å². The lowest BCUT2D eigenvalue weighted by Gasteiger charge is -2.38. The van der Waals surface area contributed by atoms with Gasteiger partial charge in [0.25, 0.3) is 0 Å². The van der Waals surface area contributed by atoms with E-state index in [0.717, 1.165) is 37.3 Å². The average Bonchev–Trinajstić information content (AvgIpc) is 2.46. The molecule has 0 aliphatic carbocycles. The van der Waals surface area contributed by atoms with Gasteiger partial charge in [-0.1, -0.05) is 28.9 Å². The molecule has 0 saturated carbocycles. The van der Waals surface area contributed by atoms with E-state index in [1.807, 2.05) is 12.3 Å². The Labute approximate surface area is 118 Å². The van der Waals surface area contributed by atoms with Crippen LogP contribution in [-0.2, 0) is 5.33 Å². The number of hydrogen-bond donors (Lipinski definition) is 0. The Hall–Kier alpha value is -0.610. The molecule has 0 aromatic carbocycles. The van der Waals surface area contributed by atoms with E-state index in [1.54, 1.807) is 0 Å². The molecule has 1 aliphatic heterocycles. The minimum atomic E-state index is 0.700. The molecule has 1 fully saturated rings. The summed E-state index contributed by atoms with van der Waals surface area (Å²) in [6.45, 7) is 9.04. The van der Waals surface area contributed by atoms with Crippen molar-refractivity contribution >= 4 is 21.7 Å². The van der Waals surface area contributed by atoms with Gasteiger partial charge in [-0.05, 0) is 19.4 Å². The highest BCUT2D eigenvalue weighted by atomic mass is 79.9. The smallest absolute Gasteiger partial charge is 0.132 e. The molecular formula is C14H22BrN3. The maximum atomic E-state index is 4.54. The summed E-state index contributed by atoms with van der Waals surface area (Å²) in [5, 5.41) is 0.877. The van der Waals surface area contributed by atoms with Crippen molar-refractivity contribution in [1.82, 2.24) is 9.88 Å². The number of piperazine rings is 1. The number of anilines is 1.